The minimum absolute atomic E-state index is 0.0201. The highest BCUT2D eigenvalue weighted by atomic mass is 35.5. The fourth-order valence-electron chi connectivity index (χ4n) is 2.61. The Labute approximate surface area is 118 Å². The highest BCUT2D eigenvalue weighted by Crippen LogP contribution is 2.27. The summed E-state index contributed by atoms with van der Waals surface area (Å²) in [5.41, 5.74) is 0.556. The maximum atomic E-state index is 13.0. The van der Waals surface area contributed by atoms with E-state index in [0.29, 0.717) is 18.0 Å². The van der Waals surface area contributed by atoms with Gasteiger partial charge in [0.1, 0.15) is 5.82 Å². The molecular weight excluding hydrogens is 265 g/mol. The van der Waals surface area contributed by atoms with Crippen molar-refractivity contribution in [3.8, 4) is 0 Å². The zero-order valence-electron chi connectivity index (χ0n) is 10.9. The first-order valence-electron chi connectivity index (χ1n) is 6.90. The molecule has 1 saturated carbocycles. The highest BCUT2D eigenvalue weighted by Gasteiger charge is 2.15. The molecule has 2 nitrogen and oxygen atoms in total. The second kappa shape index (κ2) is 6.90. The van der Waals surface area contributed by atoms with Crippen molar-refractivity contribution >= 4 is 23.2 Å². The van der Waals surface area contributed by atoms with Gasteiger partial charge in [0, 0.05) is 12.1 Å². The quantitative estimate of drug-likeness (QED) is 0.846. The third-order valence-corrected chi connectivity index (χ3v) is 4.00. The summed E-state index contributed by atoms with van der Waals surface area (Å²) in [5, 5.41) is 2.79. The summed E-state index contributed by atoms with van der Waals surface area (Å²) in [7, 11) is 0. The van der Waals surface area contributed by atoms with Gasteiger partial charge in [-0.15, -0.1) is 0 Å². The number of anilines is 1. The van der Waals surface area contributed by atoms with Gasteiger partial charge < -0.3 is 5.32 Å². The monoisotopic (exact) mass is 283 g/mol. The van der Waals surface area contributed by atoms with E-state index in [0.717, 1.165) is 6.42 Å². The fourth-order valence-corrected chi connectivity index (χ4v) is 2.79. The summed E-state index contributed by atoms with van der Waals surface area (Å²) in [6, 6.07) is 4.23. The van der Waals surface area contributed by atoms with Gasteiger partial charge in [-0.3, -0.25) is 4.79 Å². The van der Waals surface area contributed by atoms with E-state index in [1.54, 1.807) is 0 Å². The Bertz CT molecular complexity index is 444. The molecule has 0 spiro atoms. The maximum absolute atomic E-state index is 13.0. The van der Waals surface area contributed by atoms with Crippen LogP contribution in [0.25, 0.3) is 0 Å². The summed E-state index contributed by atoms with van der Waals surface area (Å²) in [5.74, 6) is 0.200. The van der Waals surface area contributed by atoms with Crippen LogP contribution in [0.4, 0.5) is 10.1 Å². The molecule has 1 fully saturated rings. The van der Waals surface area contributed by atoms with Crippen molar-refractivity contribution in [2.24, 2.45) is 5.92 Å². The molecule has 0 aliphatic heterocycles. The van der Waals surface area contributed by atoms with E-state index >= 15 is 0 Å². The summed E-state index contributed by atoms with van der Waals surface area (Å²) in [6.45, 7) is 0. The second-order valence-corrected chi connectivity index (χ2v) is 5.63. The average molecular weight is 284 g/mol. The van der Waals surface area contributed by atoms with E-state index in [-0.39, 0.29) is 10.9 Å². The fraction of sp³-hybridized carbons (Fsp3) is 0.533. The third-order valence-electron chi connectivity index (χ3n) is 3.71. The topological polar surface area (TPSA) is 29.1 Å². The first kappa shape index (κ1) is 14.3. The lowest BCUT2D eigenvalue weighted by atomic mass is 9.86. The van der Waals surface area contributed by atoms with Crippen LogP contribution in [0.2, 0.25) is 5.02 Å². The first-order chi connectivity index (χ1) is 9.15. The number of nitrogens with one attached hydrogen (secondary N) is 1. The third kappa shape index (κ3) is 4.50. The van der Waals surface area contributed by atoms with Crippen molar-refractivity contribution in [3.05, 3.63) is 29.0 Å². The molecule has 1 N–H and O–H groups in total. The van der Waals surface area contributed by atoms with E-state index in [2.05, 4.69) is 5.32 Å². The number of benzene rings is 1. The molecule has 0 saturated heterocycles. The Morgan fingerprint density at radius 3 is 2.74 bits per heavy atom. The lowest BCUT2D eigenvalue weighted by Gasteiger charge is -2.21. The van der Waals surface area contributed by atoms with E-state index in [4.69, 9.17) is 11.6 Å². The number of hydrogen-bond acceptors (Lipinski definition) is 1. The second-order valence-electron chi connectivity index (χ2n) is 5.22. The van der Waals surface area contributed by atoms with Gasteiger partial charge >= 0.3 is 0 Å². The number of carbonyl (C=O) groups excluding carboxylic acids is 1. The van der Waals surface area contributed by atoms with Crippen molar-refractivity contribution in [2.75, 3.05) is 5.32 Å². The maximum Gasteiger partial charge on any atom is 0.224 e. The Balaban J connectivity index is 1.78. The molecular formula is C15H19ClFNO. The summed E-state index contributed by atoms with van der Waals surface area (Å²) in [6.07, 6.45) is 7.88. The van der Waals surface area contributed by atoms with E-state index in [1.807, 2.05) is 0 Å². The first-order valence-corrected chi connectivity index (χ1v) is 7.28. The number of halogens is 2. The Morgan fingerprint density at radius 1 is 1.32 bits per heavy atom. The zero-order chi connectivity index (χ0) is 13.7. The molecule has 104 valence electrons. The van der Waals surface area contributed by atoms with Gasteiger partial charge in [0.25, 0.3) is 0 Å². The van der Waals surface area contributed by atoms with Crippen LogP contribution in [0.5, 0.6) is 0 Å². The lowest BCUT2D eigenvalue weighted by molar-refractivity contribution is -0.116. The van der Waals surface area contributed by atoms with Gasteiger partial charge in [-0.25, -0.2) is 4.39 Å². The molecule has 1 aliphatic rings. The molecule has 0 bridgehead atoms. The summed E-state index contributed by atoms with van der Waals surface area (Å²) in [4.78, 5) is 11.8. The molecule has 0 radical (unpaired) electrons. The number of amides is 1. The Kier molecular flexibility index (Phi) is 5.20. The highest BCUT2D eigenvalue weighted by molar-refractivity contribution is 6.31. The van der Waals surface area contributed by atoms with Crippen molar-refractivity contribution in [3.63, 3.8) is 0 Å². The van der Waals surface area contributed by atoms with Crippen LogP contribution in [0.15, 0.2) is 18.2 Å². The van der Waals surface area contributed by atoms with Crippen molar-refractivity contribution in [2.45, 2.75) is 44.9 Å². The predicted molar refractivity (Wildman–Crippen MR) is 75.8 cm³/mol. The van der Waals surface area contributed by atoms with Gasteiger partial charge in [-0.2, -0.15) is 0 Å². The minimum Gasteiger partial charge on any atom is -0.326 e. The molecule has 2 rings (SSSR count). The molecule has 0 unspecified atom stereocenters. The summed E-state index contributed by atoms with van der Waals surface area (Å²) < 4.78 is 13.0. The van der Waals surface area contributed by atoms with Gasteiger partial charge in [-0.1, -0.05) is 43.7 Å². The Morgan fingerprint density at radius 2 is 2.05 bits per heavy atom. The van der Waals surface area contributed by atoms with E-state index < -0.39 is 5.82 Å². The van der Waals surface area contributed by atoms with Gasteiger partial charge in [0.2, 0.25) is 5.91 Å². The van der Waals surface area contributed by atoms with Crippen LogP contribution < -0.4 is 5.32 Å². The average Bonchev–Trinajstić information content (AvgIpc) is 2.42. The van der Waals surface area contributed by atoms with Crippen LogP contribution in [-0.4, -0.2) is 5.91 Å². The van der Waals surface area contributed by atoms with Gasteiger partial charge in [0.15, 0.2) is 0 Å². The van der Waals surface area contributed by atoms with Gasteiger partial charge in [0.05, 0.1) is 5.02 Å². The molecule has 0 heterocycles. The molecule has 0 atom stereocenters. The zero-order valence-corrected chi connectivity index (χ0v) is 11.7. The minimum atomic E-state index is -0.470. The van der Waals surface area contributed by atoms with Crippen LogP contribution in [-0.2, 0) is 4.79 Å². The molecule has 0 aromatic heterocycles. The molecule has 1 aliphatic carbocycles. The summed E-state index contributed by atoms with van der Waals surface area (Å²) >= 11 is 5.67. The SMILES string of the molecule is O=C(CCC1CCCCC1)Nc1ccc(F)c(Cl)c1. The normalized spacial score (nSPS) is 16.3. The molecule has 19 heavy (non-hydrogen) atoms. The van der Waals surface area contributed by atoms with Crippen LogP contribution in [0.1, 0.15) is 44.9 Å². The Hall–Kier alpha value is -1.09. The molecule has 1 amide bonds. The van der Waals surface area contributed by atoms with Crippen LogP contribution in [0.3, 0.4) is 0 Å². The van der Waals surface area contributed by atoms with Crippen LogP contribution >= 0.6 is 11.6 Å². The van der Waals surface area contributed by atoms with E-state index in [1.165, 1.54) is 50.3 Å². The van der Waals surface area contributed by atoms with Crippen molar-refractivity contribution in [1.29, 1.82) is 0 Å². The number of hydrogen-bond donors (Lipinski definition) is 1. The molecule has 1 aromatic rings. The number of rotatable bonds is 4. The van der Waals surface area contributed by atoms with Crippen molar-refractivity contribution in [1.82, 2.24) is 0 Å². The molecule has 1 aromatic carbocycles. The standard InChI is InChI=1S/C15H19ClFNO/c16-13-10-12(7-8-14(13)17)18-15(19)9-6-11-4-2-1-3-5-11/h7-8,10-11H,1-6,9H2,(H,18,19). The largest absolute Gasteiger partial charge is 0.326 e. The smallest absolute Gasteiger partial charge is 0.224 e. The predicted octanol–water partition coefficient (Wildman–Crippen LogP) is 4.78. The number of carbonyl (C=O) groups is 1. The van der Waals surface area contributed by atoms with Crippen molar-refractivity contribution < 1.29 is 9.18 Å². The van der Waals surface area contributed by atoms with Crippen LogP contribution in [0, 0.1) is 11.7 Å². The van der Waals surface area contributed by atoms with E-state index in [9.17, 15) is 9.18 Å². The lowest BCUT2D eigenvalue weighted by Crippen LogP contribution is -2.14. The van der Waals surface area contributed by atoms with Gasteiger partial charge in [-0.05, 0) is 30.5 Å². The molecule has 4 heteroatoms.